The van der Waals surface area contributed by atoms with Crippen molar-refractivity contribution in [1.82, 2.24) is 10.3 Å². The zero-order valence-corrected chi connectivity index (χ0v) is 10.2. The van der Waals surface area contributed by atoms with Crippen molar-refractivity contribution in [2.75, 3.05) is 11.9 Å². The van der Waals surface area contributed by atoms with E-state index in [0.717, 1.165) is 24.5 Å². The van der Waals surface area contributed by atoms with Gasteiger partial charge in [0.05, 0.1) is 0 Å². The third-order valence-corrected chi connectivity index (χ3v) is 2.12. The van der Waals surface area contributed by atoms with E-state index in [1.807, 2.05) is 26.0 Å². The number of anilines is 1. The summed E-state index contributed by atoms with van der Waals surface area (Å²) < 4.78 is 0. The molecule has 3 nitrogen and oxygen atoms in total. The van der Waals surface area contributed by atoms with Crippen LogP contribution in [0, 0.1) is 13.8 Å². The molecule has 0 unspecified atom stereocenters. The van der Waals surface area contributed by atoms with Crippen LogP contribution in [0.1, 0.15) is 24.6 Å². The van der Waals surface area contributed by atoms with Crippen molar-refractivity contribution in [3.8, 4) is 0 Å². The zero-order valence-electron chi connectivity index (χ0n) is 9.42. The van der Waals surface area contributed by atoms with Crippen molar-refractivity contribution in [3.63, 3.8) is 0 Å². The van der Waals surface area contributed by atoms with Crippen LogP contribution in [-0.4, -0.2) is 16.6 Å². The Bertz CT molecular complexity index is 329. The predicted octanol–water partition coefficient (Wildman–Crippen LogP) is 2.39. The van der Waals surface area contributed by atoms with Gasteiger partial charge in [0.15, 0.2) is 5.11 Å². The Morgan fingerprint density at radius 3 is 2.73 bits per heavy atom. The van der Waals surface area contributed by atoms with E-state index >= 15 is 0 Å². The highest BCUT2D eigenvalue weighted by Gasteiger charge is 1.99. The van der Waals surface area contributed by atoms with Crippen molar-refractivity contribution < 1.29 is 0 Å². The normalized spacial score (nSPS) is 9.80. The lowest BCUT2D eigenvalue weighted by Gasteiger charge is -2.09. The lowest BCUT2D eigenvalue weighted by atomic mass is 10.2. The molecule has 82 valence electrons. The van der Waals surface area contributed by atoms with Gasteiger partial charge in [0.1, 0.15) is 5.82 Å². The first kappa shape index (κ1) is 11.9. The Morgan fingerprint density at radius 2 is 2.13 bits per heavy atom. The highest BCUT2D eigenvalue weighted by atomic mass is 32.1. The van der Waals surface area contributed by atoms with Crippen LogP contribution < -0.4 is 10.6 Å². The van der Waals surface area contributed by atoms with Gasteiger partial charge in [-0.3, -0.25) is 0 Å². The minimum Gasteiger partial charge on any atom is -0.362 e. The fourth-order valence-electron chi connectivity index (χ4n) is 1.30. The van der Waals surface area contributed by atoms with Gasteiger partial charge in [0, 0.05) is 12.2 Å². The van der Waals surface area contributed by atoms with Gasteiger partial charge in [-0.1, -0.05) is 6.92 Å². The summed E-state index contributed by atoms with van der Waals surface area (Å²) in [4.78, 5) is 4.34. The molecule has 0 aliphatic heterocycles. The third-order valence-electron chi connectivity index (χ3n) is 1.87. The van der Waals surface area contributed by atoms with Crippen molar-refractivity contribution in [1.29, 1.82) is 0 Å². The van der Waals surface area contributed by atoms with Gasteiger partial charge >= 0.3 is 0 Å². The lowest BCUT2D eigenvalue weighted by molar-refractivity contribution is 0.846. The molecule has 1 aromatic heterocycles. The molecule has 1 rings (SSSR count). The smallest absolute Gasteiger partial charge is 0.171 e. The van der Waals surface area contributed by atoms with Gasteiger partial charge < -0.3 is 10.6 Å². The average molecular weight is 223 g/mol. The van der Waals surface area contributed by atoms with Crippen LogP contribution in [0.25, 0.3) is 0 Å². The van der Waals surface area contributed by atoms with E-state index < -0.39 is 0 Å². The maximum atomic E-state index is 5.13. The van der Waals surface area contributed by atoms with E-state index in [1.54, 1.807) is 0 Å². The molecule has 4 heteroatoms. The second-order valence-electron chi connectivity index (χ2n) is 3.55. The van der Waals surface area contributed by atoms with Crippen molar-refractivity contribution in [2.45, 2.75) is 27.2 Å². The Labute approximate surface area is 96.3 Å². The molecule has 2 N–H and O–H groups in total. The van der Waals surface area contributed by atoms with Crippen LogP contribution in [0.5, 0.6) is 0 Å². The average Bonchev–Trinajstić information content (AvgIpc) is 2.13. The van der Waals surface area contributed by atoms with Gasteiger partial charge in [0.25, 0.3) is 0 Å². The maximum absolute atomic E-state index is 5.13. The summed E-state index contributed by atoms with van der Waals surface area (Å²) in [6.07, 6.45) is 1.06. The summed E-state index contributed by atoms with van der Waals surface area (Å²) in [5, 5.41) is 6.80. The molecule has 0 saturated carbocycles. The molecule has 0 bridgehead atoms. The molecule has 0 atom stereocenters. The number of rotatable bonds is 3. The van der Waals surface area contributed by atoms with Crippen LogP contribution >= 0.6 is 12.2 Å². The Morgan fingerprint density at radius 1 is 1.40 bits per heavy atom. The van der Waals surface area contributed by atoms with Crippen molar-refractivity contribution >= 4 is 23.1 Å². The molecular formula is C11H17N3S. The van der Waals surface area contributed by atoms with Crippen LogP contribution in [0.2, 0.25) is 0 Å². The molecule has 1 heterocycles. The van der Waals surface area contributed by atoms with Crippen LogP contribution in [0.3, 0.4) is 0 Å². The number of hydrogen-bond acceptors (Lipinski definition) is 2. The summed E-state index contributed by atoms with van der Waals surface area (Å²) in [6.45, 7) is 7.00. The summed E-state index contributed by atoms with van der Waals surface area (Å²) in [6, 6.07) is 4.01. The molecule has 0 saturated heterocycles. The Balaban J connectivity index is 2.60. The topological polar surface area (TPSA) is 37.0 Å². The quantitative estimate of drug-likeness (QED) is 0.772. The molecule has 0 amide bonds. The summed E-state index contributed by atoms with van der Waals surface area (Å²) >= 11 is 5.13. The number of thiocarbonyl (C=S) groups is 1. The van der Waals surface area contributed by atoms with Crippen molar-refractivity contribution in [2.24, 2.45) is 0 Å². The second kappa shape index (κ2) is 5.66. The summed E-state index contributed by atoms with van der Waals surface area (Å²) in [7, 11) is 0. The zero-order chi connectivity index (χ0) is 11.3. The molecular weight excluding hydrogens is 206 g/mol. The number of pyridine rings is 1. The maximum Gasteiger partial charge on any atom is 0.171 e. The number of aryl methyl sites for hydroxylation is 2. The number of hydrogen-bond donors (Lipinski definition) is 2. The van der Waals surface area contributed by atoms with E-state index in [9.17, 15) is 0 Å². The molecule has 0 aromatic carbocycles. The van der Waals surface area contributed by atoms with Gasteiger partial charge in [0.2, 0.25) is 0 Å². The number of nitrogens with one attached hydrogen (secondary N) is 2. The molecule has 0 aliphatic rings. The van der Waals surface area contributed by atoms with Crippen LogP contribution in [0.15, 0.2) is 12.1 Å². The largest absolute Gasteiger partial charge is 0.362 e. The Hall–Kier alpha value is -1.16. The monoisotopic (exact) mass is 223 g/mol. The standard InChI is InChI=1S/C11H17N3S/c1-4-5-12-11(15)14-10-7-8(2)6-9(3)13-10/h6-7H,4-5H2,1-3H3,(H2,12,13,14,15). The first-order valence-corrected chi connectivity index (χ1v) is 5.52. The van der Waals surface area contributed by atoms with Gasteiger partial charge in [-0.05, 0) is 50.2 Å². The van der Waals surface area contributed by atoms with Gasteiger partial charge in [-0.25, -0.2) is 4.98 Å². The lowest BCUT2D eigenvalue weighted by Crippen LogP contribution is -2.29. The highest BCUT2D eigenvalue weighted by Crippen LogP contribution is 2.08. The SMILES string of the molecule is CCCNC(=S)Nc1cc(C)cc(C)n1. The van der Waals surface area contributed by atoms with Crippen molar-refractivity contribution in [3.05, 3.63) is 23.4 Å². The molecule has 0 fully saturated rings. The number of aromatic nitrogens is 1. The fraction of sp³-hybridized carbons (Fsp3) is 0.455. The van der Waals surface area contributed by atoms with Gasteiger partial charge in [-0.2, -0.15) is 0 Å². The van der Waals surface area contributed by atoms with E-state index in [1.165, 1.54) is 5.56 Å². The van der Waals surface area contributed by atoms with Crippen LogP contribution in [-0.2, 0) is 0 Å². The number of nitrogens with zero attached hydrogens (tertiary/aromatic N) is 1. The molecule has 1 aromatic rings. The first-order valence-electron chi connectivity index (χ1n) is 5.12. The minimum atomic E-state index is 0.634. The summed E-state index contributed by atoms with van der Waals surface area (Å²) in [5.41, 5.74) is 2.18. The van der Waals surface area contributed by atoms with E-state index in [-0.39, 0.29) is 0 Å². The highest BCUT2D eigenvalue weighted by molar-refractivity contribution is 7.80. The molecule has 15 heavy (non-hydrogen) atoms. The molecule has 0 radical (unpaired) electrons. The predicted molar refractivity (Wildman–Crippen MR) is 68.2 cm³/mol. The van der Waals surface area contributed by atoms with E-state index in [4.69, 9.17) is 12.2 Å². The van der Waals surface area contributed by atoms with Crippen LogP contribution in [0.4, 0.5) is 5.82 Å². The van der Waals surface area contributed by atoms with E-state index in [2.05, 4.69) is 22.5 Å². The third kappa shape index (κ3) is 4.25. The minimum absolute atomic E-state index is 0.634. The first-order chi connectivity index (χ1) is 7.11. The Kier molecular flexibility index (Phi) is 4.49. The summed E-state index contributed by atoms with van der Waals surface area (Å²) in [5.74, 6) is 0.807. The fourth-order valence-corrected chi connectivity index (χ4v) is 1.51. The second-order valence-corrected chi connectivity index (χ2v) is 3.96. The molecule has 0 aliphatic carbocycles. The van der Waals surface area contributed by atoms with E-state index in [0.29, 0.717) is 5.11 Å². The molecule has 0 spiro atoms. The van der Waals surface area contributed by atoms with Gasteiger partial charge in [-0.15, -0.1) is 0 Å².